The Morgan fingerprint density at radius 2 is 0.971 bits per heavy atom. The average molecular weight is 551 g/mol. The molecule has 0 saturated heterocycles. The predicted molar refractivity (Wildman–Crippen MR) is 71.3 cm³/mol. The van der Waals surface area contributed by atoms with Gasteiger partial charge in [0.2, 0.25) is 0 Å². The van der Waals surface area contributed by atoms with Crippen molar-refractivity contribution in [1.82, 2.24) is 5.48 Å². The van der Waals surface area contributed by atoms with E-state index in [1.165, 1.54) is 0 Å². The molecule has 0 fully saturated rings. The van der Waals surface area contributed by atoms with Crippen LogP contribution >= 0.6 is 0 Å². The highest BCUT2D eigenvalue weighted by molar-refractivity contribution is 5.70. The number of carbonyl (C=O) groups is 1. The Hall–Kier alpha value is -1.80. The molecule has 0 rings (SSSR count). The van der Waals surface area contributed by atoms with E-state index in [9.17, 15) is 79.4 Å². The molecule has 0 heterocycles. The maximum Gasteiger partial charge on any atom is 0.460 e. The molecule has 1 N–H and O–H groups in total. The van der Waals surface area contributed by atoms with Gasteiger partial charge < -0.3 is 4.74 Å². The van der Waals surface area contributed by atoms with Crippen LogP contribution in [0.25, 0.3) is 0 Å². The second-order valence-electron chi connectivity index (χ2n) is 6.11. The molecule has 0 amide bonds. The molecule has 4 nitrogen and oxygen atoms in total. The monoisotopic (exact) mass is 551 g/mol. The quantitative estimate of drug-likeness (QED) is 0.209. The third-order valence-electron chi connectivity index (χ3n) is 3.80. The van der Waals surface area contributed by atoms with Crippen molar-refractivity contribution >= 4 is 5.97 Å². The first-order valence-corrected chi connectivity index (χ1v) is 7.86. The number of nitrogens with one attached hydrogen (secondary N) is 1. The van der Waals surface area contributed by atoms with Crippen molar-refractivity contribution in [2.45, 2.75) is 54.1 Å². The molecule has 21 heteroatoms. The number of hydroxylamine groups is 1. The molecule has 34 heavy (non-hydrogen) atoms. The van der Waals surface area contributed by atoms with Crippen molar-refractivity contribution in [3.8, 4) is 0 Å². The topological polar surface area (TPSA) is 47.6 Å². The number of ether oxygens (including phenoxy) is 1. The molecule has 0 aliphatic rings. The van der Waals surface area contributed by atoms with Crippen LogP contribution in [0.4, 0.5) is 74.6 Å². The van der Waals surface area contributed by atoms with Crippen LogP contribution in [-0.4, -0.2) is 73.9 Å². The summed E-state index contributed by atoms with van der Waals surface area (Å²) in [7, 11) is 1.04. The molecule has 0 aromatic heterocycles. The molecule has 0 aromatic rings. The summed E-state index contributed by atoms with van der Waals surface area (Å²) < 4.78 is 225. The second-order valence-corrected chi connectivity index (χ2v) is 6.11. The molecule has 0 spiro atoms. The van der Waals surface area contributed by atoms with Gasteiger partial charge in [0.1, 0.15) is 0 Å². The van der Waals surface area contributed by atoms with Gasteiger partial charge in [-0.05, 0) is 0 Å². The normalized spacial score (nSPS) is 15.5. The second kappa shape index (κ2) is 9.34. The van der Waals surface area contributed by atoms with E-state index >= 15 is 0 Å². The summed E-state index contributed by atoms with van der Waals surface area (Å²) in [6.45, 7) is -3.14. The van der Waals surface area contributed by atoms with Gasteiger partial charge in [-0.15, -0.1) is 0 Å². The van der Waals surface area contributed by atoms with Gasteiger partial charge in [0, 0.05) is 7.05 Å². The fourth-order valence-corrected chi connectivity index (χ4v) is 1.82. The van der Waals surface area contributed by atoms with E-state index < -0.39 is 73.2 Å². The van der Waals surface area contributed by atoms with Crippen molar-refractivity contribution in [2.75, 3.05) is 20.3 Å². The fourth-order valence-electron chi connectivity index (χ4n) is 1.82. The molecule has 0 aromatic carbocycles. The minimum Gasteiger partial charge on any atom is -0.464 e. The number of carbonyl (C=O) groups excluding carboxylic acids is 1. The van der Waals surface area contributed by atoms with Gasteiger partial charge in [-0.2, -0.15) is 74.6 Å². The summed E-state index contributed by atoms with van der Waals surface area (Å²) in [6.07, 6.45) is -10.7. The van der Waals surface area contributed by atoms with Crippen molar-refractivity contribution < 1.29 is 89.0 Å². The largest absolute Gasteiger partial charge is 0.464 e. The minimum atomic E-state index is -8.68. The zero-order chi connectivity index (χ0) is 27.8. The number of halogens is 17. The summed E-state index contributed by atoms with van der Waals surface area (Å²) >= 11 is 0. The van der Waals surface area contributed by atoms with Gasteiger partial charge in [-0.25, -0.2) is 10.3 Å². The zero-order valence-corrected chi connectivity index (χ0v) is 15.8. The Balaban J connectivity index is 6.18. The van der Waals surface area contributed by atoms with E-state index in [0.29, 0.717) is 0 Å². The summed E-state index contributed by atoms with van der Waals surface area (Å²) in [5.74, 6) is -58.5. The highest BCUT2D eigenvalue weighted by atomic mass is 19.4. The number of hydrogen-bond acceptors (Lipinski definition) is 4. The molecule has 0 saturated carbocycles. The highest BCUT2D eigenvalue weighted by Crippen LogP contribution is 2.64. The predicted octanol–water partition coefficient (Wildman–Crippen LogP) is 5.08. The smallest absolute Gasteiger partial charge is 0.460 e. The van der Waals surface area contributed by atoms with Gasteiger partial charge in [0.25, 0.3) is 0 Å². The molecule has 0 radical (unpaired) electrons. The Kier molecular flexibility index (Phi) is 8.84. The number of rotatable bonds is 12. The molecular weight excluding hydrogens is 541 g/mol. The van der Waals surface area contributed by atoms with Crippen molar-refractivity contribution in [1.29, 1.82) is 0 Å². The third-order valence-corrected chi connectivity index (χ3v) is 3.80. The lowest BCUT2D eigenvalue weighted by Crippen LogP contribution is -2.74. The van der Waals surface area contributed by atoms with E-state index in [2.05, 4.69) is 9.57 Å². The zero-order valence-electron chi connectivity index (χ0n) is 15.8. The van der Waals surface area contributed by atoms with Gasteiger partial charge in [-0.1, -0.05) is 0 Å². The number of hydrogen-bond donors (Lipinski definition) is 1. The van der Waals surface area contributed by atoms with Crippen molar-refractivity contribution in [3.05, 3.63) is 0 Å². The van der Waals surface area contributed by atoms with Crippen LogP contribution in [0.15, 0.2) is 0 Å². The van der Waals surface area contributed by atoms with E-state index in [1.54, 1.807) is 5.48 Å². The lowest BCUT2D eigenvalue weighted by molar-refractivity contribution is -0.461. The third kappa shape index (κ3) is 4.94. The maximum atomic E-state index is 13.5. The van der Waals surface area contributed by atoms with Crippen LogP contribution in [0.5, 0.6) is 0 Å². The summed E-state index contributed by atoms with van der Waals surface area (Å²) in [4.78, 5) is 15.0. The average Bonchev–Trinajstić information content (AvgIpc) is 2.64. The molecule has 0 aliphatic heterocycles. The molecular formula is C13H10F17NO3. The van der Waals surface area contributed by atoms with Gasteiger partial charge >= 0.3 is 53.6 Å². The van der Waals surface area contributed by atoms with Crippen molar-refractivity contribution in [3.63, 3.8) is 0 Å². The maximum absolute atomic E-state index is 13.5. The number of alkyl halides is 17. The van der Waals surface area contributed by atoms with Crippen LogP contribution in [0.3, 0.4) is 0 Å². The molecule has 0 unspecified atom stereocenters. The van der Waals surface area contributed by atoms with E-state index in [-0.39, 0.29) is 0 Å². The lowest BCUT2D eigenvalue weighted by atomic mass is 9.88. The Morgan fingerprint density at radius 3 is 1.32 bits per heavy atom. The Morgan fingerprint density at radius 1 is 0.618 bits per heavy atom. The first-order valence-electron chi connectivity index (χ1n) is 7.86. The van der Waals surface area contributed by atoms with Crippen LogP contribution in [0.2, 0.25) is 0 Å². The van der Waals surface area contributed by atoms with Crippen LogP contribution in [-0.2, 0) is 14.4 Å². The van der Waals surface area contributed by atoms with E-state index in [0.717, 1.165) is 7.05 Å². The Labute approximate surface area is 176 Å². The Bertz CT molecular complexity index is 718. The SMILES string of the molecule is CNOCC(=O)OCCC(F)(F)C(F)(F)C(F)(F)C(F)(F)C(F)(F)C(F)(F)C(F)(F)C(F)(F)F. The van der Waals surface area contributed by atoms with Gasteiger partial charge in [0.05, 0.1) is 13.0 Å². The van der Waals surface area contributed by atoms with E-state index in [4.69, 9.17) is 0 Å². The minimum absolute atomic E-state index is 1.04. The standard InChI is InChI=1S/C13H10F17NO3/c1-31-34-4-5(32)33-3-2-6(14,15)7(16,17)8(18,19)9(20,21)10(22,23)11(24,25)12(26,27)13(28,29)30/h31H,2-4H2,1H3. The molecule has 0 aliphatic carbocycles. The molecule has 204 valence electrons. The van der Waals surface area contributed by atoms with E-state index in [1.807, 2.05) is 0 Å². The highest BCUT2D eigenvalue weighted by Gasteiger charge is 2.95. The summed E-state index contributed by atoms with van der Waals surface area (Å²) in [5.41, 5.74) is 1.80. The first kappa shape index (κ1) is 32.2. The van der Waals surface area contributed by atoms with Crippen LogP contribution < -0.4 is 5.48 Å². The first-order chi connectivity index (χ1) is 14.7. The van der Waals surface area contributed by atoms with Crippen LogP contribution in [0.1, 0.15) is 6.42 Å². The van der Waals surface area contributed by atoms with Crippen molar-refractivity contribution in [2.24, 2.45) is 0 Å². The summed E-state index contributed by atoms with van der Waals surface area (Å²) in [6, 6.07) is 0. The molecule has 0 atom stereocenters. The fraction of sp³-hybridized carbons (Fsp3) is 0.923. The number of esters is 1. The summed E-state index contributed by atoms with van der Waals surface area (Å²) in [5, 5.41) is 0. The van der Waals surface area contributed by atoms with Crippen LogP contribution in [0, 0.1) is 0 Å². The lowest BCUT2D eigenvalue weighted by Gasteiger charge is -2.42. The van der Waals surface area contributed by atoms with Gasteiger partial charge in [0.15, 0.2) is 6.61 Å². The van der Waals surface area contributed by atoms with Gasteiger partial charge in [-0.3, -0.25) is 4.84 Å². The molecule has 0 bridgehead atoms.